The molecule has 1 aromatic heterocycles. The van der Waals surface area contributed by atoms with Gasteiger partial charge in [-0.15, -0.1) is 0 Å². The molecule has 0 spiro atoms. The molecule has 96 valence electrons. The smallest absolute Gasteiger partial charge is 0.0948 e. The van der Waals surface area contributed by atoms with Gasteiger partial charge >= 0.3 is 0 Å². The minimum Gasteiger partial charge on any atom is -0.333 e. The Morgan fingerprint density at radius 2 is 2.29 bits per heavy atom. The van der Waals surface area contributed by atoms with Crippen molar-refractivity contribution < 1.29 is 4.21 Å². The number of hydrogen-bond donors (Lipinski definition) is 1. The minimum atomic E-state index is -0.566. The van der Waals surface area contributed by atoms with E-state index in [9.17, 15) is 4.21 Å². The molecule has 2 rings (SSSR count). The van der Waals surface area contributed by atoms with E-state index in [0.717, 1.165) is 43.9 Å². The summed E-state index contributed by atoms with van der Waals surface area (Å²) < 4.78 is 13.5. The second-order valence-corrected chi connectivity index (χ2v) is 6.28. The summed E-state index contributed by atoms with van der Waals surface area (Å²) >= 11 is 0. The van der Waals surface area contributed by atoms with Crippen LogP contribution in [0.3, 0.4) is 0 Å². The number of hydrogen-bond acceptors (Lipinski definition) is 3. The third kappa shape index (κ3) is 3.64. The Bertz CT molecular complexity index is 368. The van der Waals surface area contributed by atoms with Crippen molar-refractivity contribution in [2.24, 2.45) is 0 Å². The third-order valence-corrected chi connectivity index (χ3v) is 4.60. The van der Waals surface area contributed by atoms with Crippen LogP contribution in [0.15, 0.2) is 12.5 Å². The van der Waals surface area contributed by atoms with Gasteiger partial charge in [0.1, 0.15) is 0 Å². The van der Waals surface area contributed by atoms with Crippen LogP contribution in [-0.2, 0) is 23.9 Å². The zero-order valence-electron chi connectivity index (χ0n) is 10.4. The number of aryl methyl sites for hydroxylation is 1. The lowest BCUT2D eigenvalue weighted by Crippen LogP contribution is -2.35. The van der Waals surface area contributed by atoms with Crippen LogP contribution in [0.2, 0.25) is 0 Å². The molecule has 0 saturated carbocycles. The zero-order valence-corrected chi connectivity index (χ0v) is 11.2. The van der Waals surface area contributed by atoms with Crippen LogP contribution in [-0.4, -0.2) is 31.3 Å². The van der Waals surface area contributed by atoms with E-state index < -0.39 is 10.8 Å². The largest absolute Gasteiger partial charge is 0.333 e. The van der Waals surface area contributed by atoms with E-state index in [0.29, 0.717) is 6.04 Å². The maximum Gasteiger partial charge on any atom is 0.0948 e. The monoisotopic (exact) mass is 255 g/mol. The molecular formula is C12H21N3OS. The van der Waals surface area contributed by atoms with Crippen molar-refractivity contribution in [2.75, 3.05) is 11.5 Å². The molecule has 2 heterocycles. The van der Waals surface area contributed by atoms with Crippen LogP contribution in [0.25, 0.3) is 0 Å². The first kappa shape index (κ1) is 12.8. The Morgan fingerprint density at radius 1 is 1.53 bits per heavy atom. The number of aromatic nitrogens is 2. The van der Waals surface area contributed by atoms with E-state index in [2.05, 4.69) is 21.8 Å². The summed E-state index contributed by atoms with van der Waals surface area (Å²) in [5.74, 6) is 1.71. The molecule has 1 aliphatic rings. The van der Waals surface area contributed by atoms with Gasteiger partial charge < -0.3 is 9.88 Å². The van der Waals surface area contributed by atoms with Gasteiger partial charge in [0.05, 0.1) is 12.0 Å². The summed E-state index contributed by atoms with van der Waals surface area (Å²) in [7, 11) is -0.566. The normalized spacial score (nSPS) is 25.0. The van der Waals surface area contributed by atoms with Crippen molar-refractivity contribution >= 4 is 10.8 Å². The molecule has 4 nitrogen and oxygen atoms in total. The zero-order chi connectivity index (χ0) is 12.1. The van der Waals surface area contributed by atoms with Crippen molar-refractivity contribution in [1.82, 2.24) is 14.9 Å². The molecular weight excluding hydrogens is 234 g/mol. The maximum atomic E-state index is 11.3. The number of rotatable bonds is 5. The van der Waals surface area contributed by atoms with E-state index in [1.54, 1.807) is 0 Å². The summed E-state index contributed by atoms with van der Waals surface area (Å²) in [6.07, 6.45) is 7.04. The van der Waals surface area contributed by atoms with Crippen LogP contribution in [0.4, 0.5) is 0 Å². The van der Waals surface area contributed by atoms with Crippen molar-refractivity contribution in [3.63, 3.8) is 0 Å². The first-order valence-electron chi connectivity index (χ1n) is 6.37. The predicted octanol–water partition coefficient (Wildman–Crippen LogP) is 1.29. The first-order valence-corrected chi connectivity index (χ1v) is 7.85. The second-order valence-electron chi connectivity index (χ2n) is 4.58. The first-order chi connectivity index (χ1) is 8.29. The van der Waals surface area contributed by atoms with Gasteiger partial charge in [-0.1, -0.05) is 6.92 Å². The molecule has 0 atom stereocenters. The van der Waals surface area contributed by atoms with Gasteiger partial charge in [0, 0.05) is 47.6 Å². The molecule has 1 aliphatic heterocycles. The molecule has 0 unspecified atom stereocenters. The lowest BCUT2D eigenvalue weighted by molar-refractivity contribution is 0.463. The predicted molar refractivity (Wildman–Crippen MR) is 70.3 cm³/mol. The SMILES string of the molecule is CCCn1cncc1CNC1CCS(=O)CC1. The molecule has 17 heavy (non-hydrogen) atoms. The Balaban J connectivity index is 1.81. The highest BCUT2D eigenvalue weighted by Gasteiger charge is 2.17. The number of nitrogens with zero attached hydrogens (tertiary/aromatic N) is 2. The summed E-state index contributed by atoms with van der Waals surface area (Å²) in [5, 5.41) is 3.55. The molecule has 0 radical (unpaired) electrons. The van der Waals surface area contributed by atoms with Crippen LogP contribution in [0, 0.1) is 0 Å². The molecule has 0 aliphatic carbocycles. The van der Waals surface area contributed by atoms with Crippen molar-refractivity contribution in [1.29, 1.82) is 0 Å². The van der Waals surface area contributed by atoms with Crippen molar-refractivity contribution in [3.8, 4) is 0 Å². The number of nitrogens with one attached hydrogen (secondary N) is 1. The Morgan fingerprint density at radius 3 is 3.00 bits per heavy atom. The highest BCUT2D eigenvalue weighted by atomic mass is 32.2. The average molecular weight is 255 g/mol. The van der Waals surface area contributed by atoms with E-state index in [1.807, 2.05) is 12.5 Å². The van der Waals surface area contributed by atoms with E-state index in [1.165, 1.54) is 5.69 Å². The summed E-state index contributed by atoms with van der Waals surface area (Å²) in [4.78, 5) is 4.19. The van der Waals surface area contributed by atoms with Crippen LogP contribution in [0.1, 0.15) is 31.9 Å². The van der Waals surface area contributed by atoms with E-state index in [-0.39, 0.29) is 0 Å². The maximum absolute atomic E-state index is 11.3. The second kappa shape index (κ2) is 6.31. The average Bonchev–Trinajstić information content (AvgIpc) is 2.77. The van der Waals surface area contributed by atoms with Gasteiger partial charge in [0.25, 0.3) is 0 Å². The van der Waals surface area contributed by atoms with E-state index >= 15 is 0 Å². The Labute approximate surface area is 105 Å². The standard InChI is InChI=1S/C12H21N3OS/c1-2-5-15-10-13-8-12(15)9-14-11-3-6-17(16)7-4-11/h8,10-11,14H,2-7,9H2,1H3. The van der Waals surface area contributed by atoms with E-state index in [4.69, 9.17) is 0 Å². The highest BCUT2D eigenvalue weighted by molar-refractivity contribution is 7.85. The van der Waals surface area contributed by atoms with Crippen LogP contribution >= 0.6 is 0 Å². The summed E-state index contributed by atoms with van der Waals surface area (Å²) in [6, 6.07) is 0.526. The topological polar surface area (TPSA) is 46.9 Å². The lowest BCUT2D eigenvalue weighted by atomic mass is 10.1. The molecule has 0 aromatic carbocycles. The third-order valence-electron chi connectivity index (χ3n) is 3.22. The fourth-order valence-electron chi connectivity index (χ4n) is 2.18. The molecule has 1 fully saturated rings. The quantitative estimate of drug-likeness (QED) is 0.862. The van der Waals surface area contributed by atoms with Crippen LogP contribution < -0.4 is 5.32 Å². The van der Waals surface area contributed by atoms with Gasteiger partial charge in [0.2, 0.25) is 0 Å². The lowest BCUT2D eigenvalue weighted by Gasteiger charge is -2.22. The van der Waals surface area contributed by atoms with Gasteiger partial charge in [-0.25, -0.2) is 4.98 Å². The molecule has 5 heteroatoms. The van der Waals surface area contributed by atoms with Gasteiger partial charge in [-0.05, 0) is 19.3 Å². The molecule has 1 saturated heterocycles. The Kier molecular flexibility index (Phi) is 4.74. The fraction of sp³-hybridized carbons (Fsp3) is 0.750. The van der Waals surface area contributed by atoms with Crippen LogP contribution in [0.5, 0.6) is 0 Å². The summed E-state index contributed by atoms with van der Waals surface area (Å²) in [5.41, 5.74) is 1.25. The molecule has 1 aromatic rings. The number of imidazole rings is 1. The minimum absolute atomic E-state index is 0.526. The highest BCUT2D eigenvalue weighted by Crippen LogP contribution is 2.10. The van der Waals surface area contributed by atoms with Gasteiger partial charge in [-0.3, -0.25) is 4.21 Å². The van der Waals surface area contributed by atoms with Crippen molar-refractivity contribution in [2.45, 2.75) is 45.3 Å². The van der Waals surface area contributed by atoms with Crippen molar-refractivity contribution in [3.05, 3.63) is 18.2 Å². The van der Waals surface area contributed by atoms with Gasteiger partial charge in [-0.2, -0.15) is 0 Å². The fourth-order valence-corrected chi connectivity index (χ4v) is 3.48. The molecule has 1 N–H and O–H groups in total. The molecule has 0 bridgehead atoms. The van der Waals surface area contributed by atoms with Gasteiger partial charge in [0.15, 0.2) is 0 Å². The molecule has 0 amide bonds. The Hall–Kier alpha value is -0.680. The summed E-state index contributed by atoms with van der Waals surface area (Å²) in [6.45, 7) is 4.08.